The van der Waals surface area contributed by atoms with Crippen molar-refractivity contribution in [1.29, 1.82) is 0 Å². The SMILES string of the molecule is O=[N+]([O-])c1ccc(N/N=C\c2ccc(O)c(O)c2)cc1. The van der Waals surface area contributed by atoms with Gasteiger partial charge in [0.05, 0.1) is 16.8 Å². The highest BCUT2D eigenvalue weighted by Crippen LogP contribution is 2.24. The Hall–Kier alpha value is -3.09. The Morgan fingerprint density at radius 1 is 1.10 bits per heavy atom. The van der Waals surface area contributed by atoms with E-state index in [2.05, 4.69) is 10.5 Å². The second-order valence-corrected chi connectivity index (χ2v) is 3.92. The Morgan fingerprint density at radius 2 is 1.80 bits per heavy atom. The number of rotatable bonds is 4. The molecule has 0 aromatic heterocycles. The number of nitrogens with zero attached hydrogens (tertiary/aromatic N) is 2. The maximum absolute atomic E-state index is 10.5. The number of anilines is 1. The van der Waals surface area contributed by atoms with E-state index in [0.717, 1.165) is 0 Å². The molecule has 102 valence electrons. The number of phenolic OH excluding ortho intramolecular Hbond substituents is 2. The summed E-state index contributed by atoms with van der Waals surface area (Å²) in [4.78, 5) is 10.0. The fraction of sp³-hybridized carbons (Fsp3) is 0. The van der Waals surface area contributed by atoms with Gasteiger partial charge in [-0.15, -0.1) is 0 Å². The summed E-state index contributed by atoms with van der Waals surface area (Å²) in [5.41, 5.74) is 3.88. The largest absolute Gasteiger partial charge is 0.504 e. The number of nitrogens with one attached hydrogen (secondary N) is 1. The number of phenols is 2. The van der Waals surface area contributed by atoms with Gasteiger partial charge < -0.3 is 10.2 Å². The Bertz CT molecular complexity index is 653. The van der Waals surface area contributed by atoms with Gasteiger partial charge in [-0.25, -0.2) is 0 Å². The van der Waals surface area contributed by atoms with Gasteiger partial charge in [0.1, 0.15) is 0 Å². The highest BCUT2D eigenvalue weighted by molar-refractivity contribution is 5.81. The molecule has 0 spiro atoms. The van der Waals surface area contributed by atoms with Crippen LogP contribution in [0.4, 0.5) is 11.4 Å². The normalized spacial score (nSPS) is 10.6. The Kier molecular flexibility index (Phi) is 3.80. The molecule has 2 aromatic carbocycles. The molecule has 7 nitrogen and oxygen atoms in total. The van der Waals surface area contributed by atoms with Crippen LogP contribution in [-0.2, 0) is 0 Å². The van der Waals surface area contributed by atoms with Crippen LogP contribution in [0.3, 0.4) is 0 Å². The molecule has 0 aliphatic heterocycles. The van der Waals surface area contributed by atoms with E-state index in [-0.39, 0.29) is 17.2 Å². The first-order chi connectivity index (χ1) is 9.56. The maximum atomic E-state index is 10.5. The third-order valence-corrected chi connectivity index (χ3v) is 2.48. The Labute approximate surface area is 114 Å². The molecular formula is C13H11N3O4. The molecule has 2 rings (SSSR count). The average Bonchev–Trinajstić information content (AvgIpc) is 2.43. The van der Waals surface area contributed by atoms with Crippen molar-refractivity contribution in [3.05, 3.63) is 58.1 Å². The van der Waals surface area contributed by atoms with Crippen LogP contribution in [-0.4, -0.2) is 21.4 Å². The monoisotopic (exact) mass is 273 g/mol. The molecular weight excluding hydrogens is 262 g/mol. The van der Waals surface area contributed by atoms with Gasteiger partial charge in [-0.05, 0) is 35.9 Å². The van der Waals surface area contributed by atoms with Crippen molar-refractivity contribution >= 4 is 17.6 Å². The van der Waals surface area contributed by atoms with Gasteiger partial charge in [-0.3, -0.25) is 15.5 Å². The Morgan fingerprint density at radius 3 is 2.40 bits per heavy atom. The highest BCUT2D eigenvalue weighted by atomic mass is 16.6. The van der Waals surface area contributed by atoms with E-state index in [1.807, 2.05) is 0 Å². The molecule has 0 unspecified atom stereocenters. The van der Waals surface area contributed by atoms with Crippen molar-refractivity contribution in [3.63, 3.8) is 0 Å². The van der Waals surface area contributed by atoms with E-state index in [4.69, 9.17) is 5.11 Å². The fourth-order valence-electron chi connectivity index (χ4n) is 1.46. The van der Waals surface area contributed by atoms with E-state index in [9.17, 15) is 15.2 Å². The minimum absolute atomic E-state index is 0.00277. The molecule has 0 aliphatic rings. The fourth-order valence-corrected chi connectivity index (χ4v) is 1.46. The molecule has 0 saturated heterocycles. The van der Waals surface area contributed by atoms with Gasteiger partial charge in [0.2, 0.25) is 0 Å². The minimum atomic E-state index is -0.480. The number of hydrogen-bond acceptors (Lipinski definition) is 6. The number of nitro groups is 1. The van der Waals surface area contributed by atoms with Crippen LogP contribution in [0.2, 0.25) is 0 Å². The molecule has 2 aromatic rings. The molecule has 0 atom stereocenters. The molecule has 0 aliphatic carbocycles. The summed E-state index contributed by atoms with van der Waals surface area (Å²) in [5.74, 6) is -0.435. The van der Waals surface area contributed by atoms with Crippen molar-refractivity contribution in [1.82, 2.24) is 0 Å². The number of benzene rings is 2. The molecule has 0 fully saturated rings. The number of nitro benzene ring substituents is 1. The van der Waals surface area contributed by atoms with Gasteiger partial charge in [-0.2, -0.15) is 5.10 Å². The molecule has 0 saturated carbocycles. The van der Waals surface area contributed by atoms with Crippen LogP contribution >= 0.6 is 0 Å². The van der Waals surface area contributed by atoms with Crippen molar-refractivity contribution in [2.75, 3.05) is 5.43 Å². The predicted octanol–water partition coefficient (Wildman–Crippen LogP) is 2.45. The second-order valence-electron chi connectivity index (χ2n) is 3.92. The van der Waals surface area contributed by atoms with Crippen LogP contribution in [0.25, 0.3) is 0 Å². The number of hydrogen-bond donors (Lipinski definition) is 3. The van der Waals surface area contributed by atoms with Crippen molar-refractivity contribution in [2.24, 2.45) is 5.10 Å². The molecule has 3 N–H and O–H groups in total. The summed E-state index contributed by atoms with van der Waals surface area (Å²) >= 11 is 0. The lowest BCUT2D eigenvalue weighted by Gasteiger charge is -2.00. The zero-order chi connectivity index (χ0) is 14.5. The minimum Gasteiger partial charge on any atom is -0.504 e. The molecule has 0 radical (unpaired) electrons. The summed E-state index contributed by atoms with van der Waals surface area (Å²) < 4.78 is 0. The standard InChI is InChI=1S/C13H11N3O4/c17-12-6-1-9(7-13(12)18)8-14-15-10-2-4-11(5-3-10)16(19)20/h1-8,15,17-18H/b14-8-. The number of non-ortho nitro benzene ring substituents is 1. The first-order valence-corrected chi connectivity index (χ1v) is 5.62. The zero-order valence-corrected chi connectivity index (χ0v) is 10.2. The van der Waals surface area contributed by atoms with E-state index < -0.39 is 4.92 Å². The zero-order valence-electron chi connectivity index (χ0n) is 10.2. The van der Waals surface area contributed by atoms with Crippen molar-refractivity contribution < 1.29 is 15.1 Å². The summed E-state index contributed by atoms with van der Waals surface area (Å²) in [5, 5.41) is 32.9. The van der Waals surface area contributed by atoms with Crippen LogP contribution in [0.15, 0.2) is 47.6 Å². The lowest BCUT2D eigenvalue weighted by Crippen LogP contribution is -1.92. The van der Waals surface area contributed by atoms with Gasteiger partial charge in [0.15, 0.2) is 11.5 Å². The quantitative estimate of drug-likeness (QED) is 0.343. The van der Waals surface area contributed by atoms with E-state index in [1.165, 1.54) is 42.6 Å². The summed E-state index contributed by atoms with van der Waals surface area (Å²) in [6.07, 6.45) is 1.45. The van der Waals surface area contributed by atoms with Gasteiger partial charge in [0, 0.05) is 12.1 Å². The highest BCUT2D eigenvalue weighted by Gasteiger charge is 2.03. The maximum Gasteiger partial charge on any atom is 0.269 e. The van der Waals surface area contributed by atoms with Crippen LogP contribution in [0.5, 0.6) is 11.5 Å². The first-order valence-electron chi connectivity index (χ1n) is 5.62. The van der Waals surface area contributed by atoms with E-state index in [0.29, 0.717) is 11.3 Å². The smallest absolute Gasteiger partial charge is 0.269 e. The second kappa shape index (κ2) is 5.70. The summed E-state index contributed by atoms with van der Waals surface area (Å²) in [7, 11) is 0. The third-order valence-electron chi connectivity index (χ3n) is 2.48. The van der Waals surface area contributed by atoms with Gasteiger partial charge in [-0.1, -0.05) is 0 Å². The van der Waals surface area contributed by atoms with Crippen LogP contribution < -0.4 is 5.43 Å². The summed E-state index contributed by atoms with van der Waals surface area (Å²) in [6.45, 7) is 0. The number of hydrazone groups is 1. The molecule has 0 heterocycles. The average molecular weight is 273 g/mol. The third kappa shape index (κ3) is 3.22. The lowest BCUT2D eigenvalue weighted by molar-refractivity contribution is -0.384. The molecule has 0 bridgehead atoms. The topological polar surface area (TPSA) is 108 Å². The van der Waals surface area contributed by atoms with E-state index >= 15 is 0 Å². The predicted molar refractivity (Wildman–Crippen MR) is 74.1 cm³/mol. The van der Waals surface area contributed by atoms with Crippen molar-refractivity contribution in [2.45, 2.75) is 0 Å². The molecule has 7 heteroatoms. The molecule has 0 amide bonds. The van der Waals surface area contributed by atoms with Crippen LogP contribution in [0, 0.1) is 10.1 Å². The van der Waals surface area contributed by atoms with Gasteiger partial charge in [0.25, 0.3) is 5.69 Å². The van der Waals surface area contributed by atoms with Gasteiger partial charge >= 0.3 is 0 Å². The first kappa shape index (κ1) is 13.3. The lowest BCUT2D eigenvalue weighted by atomic mass is 10.2. The summed E-state index contributed by atoms with van der Waals surface area (Å²) in [6, 6.07) is 10.1. The van der Waals surface area contributed by atoms with E-state index in [1.54, 1.807) is 6.07 Å². The van der Waals surface area contributed by atoms with Crippen LogP contribution in [0.1, 0.15) is 5.56 Å². The number of aromatic hydroxyl groups is 2. The Balaban J connectivity index is 2.02. The molecule has 20 heavy (non-hydrogen) atoms. The van der Waals surface area contributed by atoms with Crippen molar-refractivity contribution in [3.8, 4) is 11.5 Å².